The van der Waals surface area contributed by atoms with Crippen LogP contribution in [0.4, 0.5) is 0 Å². The number of carbonyl (C=O) groups excluding carboxylic acids is 1. The van der Waals surface area contributed by atoms with E-state index in [2.05, 4.69) is 37.9 Å². The van der Waals surface area contributed by atoms with Gasteiger partial charge < -0.3 is 10.2 Å². The first-order valence-electron chi connectivity index (χ1n) is 8.40. The maximum atomic E-state index is 12.7. The predicted octanol–water partition coefficient (Wildman–Crippen LogP) is 3.05. The molecule has 0 bridgehead atoms. The second-order valence-corrected chi connectivity index (χ2v) is 7.86. The van der Waals surface area contributed by atoms with Crippen LogP contribution in [0.5, 0.6) is 0 Å². The summed E-state index contributed by atoms with van der Waals surface area (Å²) < 4.78 is 0. The smallest absolute Gasteiger partial charge is 0.223 e. The van der Waals surface area contributed by atoms with Crippen LogP contribution < -0.4 is 5.32 Å². The molecule has 1 N–H and O–H groups in total. The van der Waals surface area contributed by atoms with E-state index in [1.54, 1.807) is 0 Å². The zero-order valence-corrected chi connectivity index (χ0v) is 13.7. The van der Waals surface area contributed by atoms with Gasteiger partial charge in [0.25, 0.3) is 0 Å². The predicted molar refractivity (Wildman–Crippen MR) is 83.6 cm³/mol. The first-order valence-corrected chi connectivity index (χ1v) is 8.40. The maximum absolute atomic E-state index is 12.7. The van der Waals surface area contributed by atoms with Gasteiger partial charge in [-0.1, -0.05) is 27.7 Å². The van der Waals surface area contributed by atoms with Crippen molar-refractivity contribution in [2.45, 2.75) is 65.8 Å². The van der Waals surface area contributed by atoms with Gasteiger partial charge in [0.05, 0.1) is 0 Å². The number of amides is 1. The van der Waals surface area contributed by atoms with Crippen LogP contribution in [-0.4, -0.2) is 36.5 Å². The van der Waals surface area contributed by atoms with Crippen molar-refractivity contribution in [3.05, 3.63) is 0 Å². The Labute approximate surface area is 124 Å². The third-order valence-corrected chi connectivity index (χ3v) is 5.51. The van der Waals surface area contributed by atoms with Gasteiger partial charge >= 0.3 is 0 Å². The molecule has 2 saturated heterocycles. The molecule has 2 fully saturated rings. The van der Waals surface area contributed by atoms with Crippen LogP contribution in [0.2, 0.25) is 0 Å². The number of hydrogen-bond acceptors (Lipinski definition) is 2. The monoisotopic (exact) mass is 280 g/mol. The second kappa shape index (κ2) is 6.46. The Kier molecular flexibility index (Phi) is 5.11. The van der Waals surface area contributed by atoms with Gasteiger partial charge in [-0.25, -0.2) is 0 Å². The largest absolute Gasteiger partial charge is 0.339 e. The first-order chi connectivity index (χ1) is 9.39. The Morgan fingerprint density at radius 1 is 1.25 bits per heavy atom. The van der Waals surface area contributed by atoms with Crippen molar-refractivity contribution in [1.29, 1.82) is 0 Å². The summed E-state index contributed by atoms with van der Waals surface area (Å²) in [4.78, 5) is 14.9. The lowest BCUT2D eigenvalue weighted by atomic mass is 9.79. The van der Waals surface area contributed by atoms with Gasteiger partial charge in [-0.15, -0.1) is 0 Å². The average Bonchev–Trinajstić information content (AvgIpc) is 2.87. The average molecular weight is 280 g/mol. The van der Waals surface area contributed by atoms with Crippen molar-refractivity contribution in [1.82, 2.24) is 10.2 Å². The lowest BCUT2D eigenvalue weighted by Crippen LogP contribution is -2.44. The molecule has 0 aliphatic carbocycles. The van der Waals surface area contributed by atoms with Gasteiger partial charge in [-0.2, -0.15) is 0 Å². The van der Waals surface area contributed by atoms with Crippen molar-refractivity contribution in [2.75, 3.05) is 19.6 Å². The number of likely N-dealkylation sites (tertiary alicyclic amines) is 1. The Morgan fingerprint density at radius 2 is 1.90 bits per heavy atom. The molecule has 2 atom stereocenters. The van der Waals surface area contributed by atoms with E-state index in [0.29, 0.717) is 24.3 Å². The molecule has 0 saturated carbocycles. The van der Waals surface area contributed by atoms with E-state index in [1.165, 1.54) is 25.7 Å². The highest BCUT2D eigenvalue weighted by Gasteiger charge is 2.36. The summed E-state index contributed by atoms with van der Waals surface area (Å²) >= 11 is 0. The van der Waals surface area contributed by atoms with Gasteiger partial charge in [0.1, 0.15) is 0 Å². The topological polar surface area (TPSA) is 32.3 Å². The van der Waals surface area contributed by atoms with Crippen LogP contribution >= 0.6 is 0 Å². The van der Waals surface area contributed by atoms with E-state index in [9.17, 15) is 4.79 Å². The standard InChI is InChI=1S/C17H32N2O/c1-13(17(2,3)4)12-16(20)19-11-5-6-15(19)14-7-9-18-10-8-14/h13-15,18H,5-12H2,1-4H3. The number of hydrogen-bond donors (Lipinski definition) is 1. The fraction of sp³-hybridized carbons (Fsp3) is 0.941. The molecule has 0 aromatic heterocycles. The number of nitrogens with zero attached hydrogens (tertiary/aromatic N) is 1. The molecule has 3 heteroatoms. The summed E-state index contributed by atoms with van der Waals surface area (Å²) in [5.74, 6) is 1.57. The molecule has 2 aliphatic heterocycles. The molecule has 1 amide bonds. The molecular weight excluding hydrogens is 248 g/mol. The van der Waals surface area contributed by atoms with E-state index in [4.69, 9.17) is 0 Å². The van der Waals surface area contributed by atoms with Crippen LogP contribution in [0, 0.1) is 17.3 Å². The lowest BCUT2D eigenvalue weighted by Gasteiger charge is -2.36. The maximum Gasteiger partial charge on any atom is 0.223 e. The summed E-state index contributed by atoms with van der Waals surface area (Å²) in [6, 6.07) is 0.525. The Bertz CT molecular complexity index is 328. The highest BCUT2D eigenvalue weighted by atomic mass is 16.2. The van der Waals surface area contributed by atoms with Crippen molar-refractivity contribution in [3.63, 3.8) is 0 Å². The van der Waals surface area contributed by atoms with Crippen molar-refractivity contribution in [3.8, 4) is 0 Å². The highest BCUT2D eigenvalue weighted by Crippen LogP contribution is 2.33. The summed E-state index contributed by atoms with van der Waals surface area (Å²) in [7, 11) is 0. The van der Waals surface area contributed by atoms with Gasteiger partial charge in [0.2, 0.25) is 5.91 Å². The number of piperidine rings is 1. The highest BCUT2D eigenvalue weighted by molar-refractivity contribution is 5.77. The molecule has 3 nitrogen and oxygen atoms in total. The molecule has 0 aromatic rings. The third-order valence-electron chi connectivity index (χ3n) is 5.51. The van der Waals surface area contributed by atoms with Gasteiger partial charge in [0, 0.05) is 19.0 Å². The molecule has 0 spiro atoms. The first kappa shape index (κ1) is 15.8. The van der Waals surface area contributed by atoms with Crippen molar-refractivity contribution in [2.24, 2.45) is 17.3 Å². The summed E-state index contributed by atoms with van der Waals surface area (Å²) in [5.41, 5.74) is 0.222. The molecule has 20 heavy (non-hydrogen) atoms. The minimum absolute atomic E-state index is 0.222. The number of nitrogens with one attached hydrogen (secondary N) is 1. The SMILES string of the molecule is CC(CC(=O)N1CCCC1C1CCNCC1)C(C)(C)C. The zero-order chi connectivity index (χ0) is 14.8. The van der Waals surface area contributed by atoms with E-state index in [0.717, 1.165) is 25.6 Å². The minimum atomic E-state index is 0.222. The summed E-state index contributed by atoms with van der Waals surface area (Å²) in [6.45, 7) is 12.2. The Balaban J connectivity index is 1.94. The van der Waals surface area contributed by atoms with Gasteiger partial charge in [-0.05, 0) is 56.0 Å². The Morgan fingerprint density at radius 3 is 2.50 bits per heavy atom. The van der Waals surface area contributed by atoms with E-state index >= 15 is 0 Å². The van der Waals surface area contributed by atoms with Crippen LogP contribution in [0.3, 0.4) is 0 Å². The molecule has 2 rings (SSSR count). The van der Waals surface area contributed by atoms with E-state index in [-0.39, 0.29) is 5.41 Å². The lowest BCUT2D eigenvalue weighted by molar-refractivity contribution is -0.134. The molecule has 0 radical (unpaired) electrons. The normalized spacial score (nSPS) is 26.8. The number of carbonyl (C=O) groups is 1. The quantitative estimate of drug-likeness (QED) is 0.862. The number of rotatable bonds is 3. The van der Waals surface area contributed by atoms with Gasteiger partial charge in [0.15, 0.2) is 0 Å². The molecular formula is C17H32N2O. The van der Waals surface area contributed by atoms with Crippen LogP contribution in [0.1, 0.15) is 59.8 Å². The van der Waals surface area contributed by atoms with Gasteiger partial charge in [-0.3, -0.25) is 4.79 Å². The molecule has 0 aromatic carbocycles. The summed E-state index contributed by atoms with van der Waals surface area (Å²) in [6.07, 6.45) is 5.61. The van der Waals surface area contributed by atoms with E-state index in [1.807, 2.05) is 0 Å². The van der Waals surface area contributed by atoms with Crippen molar-refractivity contribution >= 4 is 5.91 Å². The molecule has 116 valence electrons. The van der Waals surface area contributed by atoms with Crippen LogP contribution in [-0.2, 0) is 4.79 Å². The minimum Gasteiger partial charge on any atom is -0.339 e. The molecule has 2 heterocycles. The third kappa shape index (κ3) is 3.75. The summed E-state index contributed by atoms with van der Waals surface area (Å²) in [5, 5.41) is 3.43. The Hall–Kier alpha value is -0.570. The van der Waals surface area contributed by atoms with E-state index < -0.39 is 0 Å². The second-order valence-electron chi connectivity index (χ2n) is 7.86. The van der Waals surface area contributed by atoms with Crippen LogP contribution in [0.15, 0.2) is 0 Å². The van der Waals surface area contributed by atoms with Crippen molar-refractivity contribution < 1.29 is 4.79 Å². The molecule has 2 aliphatic rings. The molecule has 2 unspecified atom stereocenters. The fourth-order valence-corrected chi connectivity index (χ4v) is 3.51. The zero-order valence-electron chi connectivity index (χ0n) is 13.7. The fourth-order valence-electron chi connectivity index (χ4n) is 3.51. The van der Waals surface area contributed by atoms with Crippen LogP contribution in [0.25, 0.3) is 0 Å².